The van der Waals surface area contributed by atoms with Gasteiger partial charge in [0.15, 0.2) is 5.82 Å². The van der Waals surface area contributed by atoms with Crippen LogP contribution in [0.1, 0.15) is 45.6 Å². The molecule has 0 saturated carbocycles. The van der Waals surface area contributed by atoms with Crippen molar-refractivity contribution < 1.29 is 37.8 Å². The van der Waals surface area contributed by atoms with E-state index >= 15 is 4.39 Å². The lowest BCUT2D eigenvalue weighted by Crippen LogP contribution is -2.48. The zero-order chi connectivity index (χ0) is 26.4. The van der Waals surface area contributed by atoms with Crippen molar-refractivity contribution in [3.63, 3.8) is 0 Å². The summed E-state index contributed by atoms with van der Waals surface area (Å²) in [5, 5.41) is 5.14. The van der Waals surface area contributed by atoms with Gasteiger partial charge < -0.3 is 9.42 Å². The summed E-state index contributed by atoms with van der Waals surface area (Å²) in [6.45, 7) is -5.79. The average molecular weight is 454 g/mol. The number of sulfone groups is 1. The number of carbonyl (C=O) groups excluding carboxylic acids is 1. The van der Waals surface area contributed by atoms with E-state index in [-0.39, 0.29) is 23.6 Å². The molecule has 2 aromatic heterocycles. The number of alkyl halides is 3. The summed E-state index contributed by atoms with van der Waals surface area (Å²) in [7, 11) is -5.65. The minimum absolute atomic E-state index is 0.0920. The van der Waals surface area contributed by atoms with E-state index in [2.05, 4.69) is 20.1 Å². The van der Waals surface area contributed by atoms with Gasteiger partial charge in [-0.3, -0.25) is 10.00 Å². The van der Waals surface area contributed by atoms with Gasteiger partial charge in [-0.2, -0.15) is 5.10 Å². The Bertz CT molecular complexity index is 1160. The van der Waals surface area contributed by atoms with Gasteiger partial charge in [0.25, 0.3) is 6.43 Å². The molecular weight excluding hydrogens is 427 g/mol. The molecule has 2 amide bonds. The second-order valence-corrected chi connectivity index (χ2v) is 8.61. The second kappa shape index (κ2) is 8.28. The fourth-order valence-electron chi connectivity index (χ4n) is 3.14. The van der Waals surface area contributed by atoms with E-state index in [0.29, 0.717) is 6.20 Å². The molecule has 13 heteroatoms. The van der Waals surface area contributed by atoms with Crippen molar-refractivity contribution in [1.82, 2.24) is 19.8 Å². The summed E-state index contributed by atoms with van der Waals surface area (Å²) in [5.74, 6) is -1.60. The number of hydrogen-bond donors (Lipinski definition) is 1. The molecule has 0 aliphatic carbocycles. The zero-order valence-electron chi connectivity index (χ0n) is 20.7. The molecule has 0 bridgehead atoms. The summed E-state index contributed by atoms with van der Waals surface area (Å²) in [5.41, 5.74) is -1.45. The average Bonchev–Trinajstić information content (AvgIpc) is 3.42. The Morgan fingerprint density at radius 1 is 1.50 bits per heavy atom. The molecule has 0 unspecified atom stereocenters. The van der Waals surface area contributed by atoms with Crippen molar-refractivity contribution in [3.05, 3.63) is 24.2 Å². The highest BCUT2D eigenvalue weighted by Gasteiger charge is 2.50. The lowest BCUT2D eigenvalue weighted by molar-refractivity contribution is 0.116. The van der Waals surface area contributed by atoms with Gasteiger partial charge in [0.05, 0.1) is 2.74 Å². The number of urea groups is 1. The summed E-state index contributed by atoms with van der Waals surface area (Å²) >= 11 is 0. The quantitative estimate of drug-likeness (QED) is 0.718. The lowest BCUT2D eigenvalue weighted by atomic mass is 9.92. The Balaban J connectivity index is 1.94. The third-order valence-corrected chi connectivity index (χ3v) is 6.81. The number of rotatable bonds is 6. The number of nitrogens with zero attached hydrogens (tertiary/aromatic N) is 4. The maximum atomic E-state index is 16.4. The minimum Gasteiger partial charge on any atom is -0.363 e. The monoisotopic (exact) mass is 454 g/mol. The molecule has 2 aromatic rings. The highest BCUT2D eigenvalue weighted by Crippen LogP contribution is 2.41. The first-order valence-corrected chi connectivity index (χ1v) is 10.3. The third-order valence-electron chi connectivity index (χ3n) is 4.80. The number of piperidine rings is 1. The molecule has 0 spiro atoms. The Morgan fingerprint density at radius 2 is 2.20 bits per heavy atom. The van der Waals surface area contributed by atoms with Gasteiger partial charge >= 0.3 is 6.03 Å². The number of carbonyl (C=O) groups is 1. The van der Waals surface area contributed by atoms with Crippen LogP contribution in [0.2, 0.25) is 0 Å². The van der Waals surface area contributed by atoms with Gasteiger partial charge in [-0.1, -0.05) is 5.16 Å². The molecule has 3 heterocycles. The van der Waals surface area contributed by atoms with Crippen molar-refractivity contribution in [2.24, 2.45) is 5.92 Å². The van der Waals surface area contributed by atoms with Crippen LogP contribution in [0, 0.1) is 5.92 Å². The van der Waals surface area contributed by atoms with E-state index in [0.717, 1.165) is 6.92 Å². The molecule has 1 aliphatic rings. The number of anilines is 1. The van der Waals surface area contributed by atoms with Crippen molar-refractivity contribution >= 4 is 21.7 Å². The van der Waals surface area contributed by atoms with Crippen LogP contribution in [0.15, 0.2) is 27.9 Å². The maximum Gasteiger partial charge on any atom is 0.323 e. The van der Waals surface area contributed by atoms with Gasteiger partial charge in [0, 0.05) is 41.9 Å². The molecule has 1 N–H and O–H groups in total. The molecular formula is C17H22F3N5O4S. The standard InChI is InChI=1S/C17H22F3N5O4S/c1-3-25-10-12(14(22-25)15(18)19)30(27,28)17(2,20)11-4-7-24(8-5-11)16(26)21-13-6-9-29-23-13/h6,9-11,15H,3-5,7-8H2,1-2H3,(H,21,23,26)/t17-/m1/s1/i2D3,3D2. The molecule has 9 nitrogen and oxygen atoms in total. The first-order valence-electron chi connectivity index (χ1n) is 11.3. The number of nitrogens with one attached hydrogen (secondary N) is 1. The van der Waals surface area contributed by atoms with Gasteiger partial charge in [-0.15, -0.1) is 0 Å². The number of amides is 2. The van der Waals surface area contributed by atoms with Crippen LogP contribution in [-0.2, 0) is 16.3 Å². The predicted octanol–water partition coefficient (Wildman–Crippen LogP) is 3.23. The number of aryl methyl sites for hydroxylation is 1. The SMILES string of the molecule is [2H]C([2H])(C)n1cc(S(=O)(=O)[C@@](F)(C2CCN(C(=O)Nc3ccon3)CC2)C([2H])([2H])[2H])c(C(F)F)n1. The highest BCUT2D eigenvalue weighted by atomic mass is 32.2. The topological polar surface area (TPSA) is 110 Å². The molecule has 0 radical (unpaired) electrons. The third kappa shape index (κ3) is 4.02. The molecule has 1 atom stereocenters. The lowest BCUT2D eigenvalue weighted by Gasteiger charge is -2.37. The fraction of sp³-hybridized carbons (Fsp3) is 0.588. The summed E-state index contributed by atoms with van der Waals surface area (Å²) in [6.07, 6.45) is -2.79. The molecule has 30 heavy (non-hydrogen) atoms. The zero-order valence-corrected chi connectivity index (χ0v) is 16.5. The first kappa shape index (κ1) is 16.2. The van der Waals surface area contributed by atoms with Crippen LogP contribution < -0.4 is 5.32 Å². The summed E-state index contributed by atoms with van der Waals surface area (Å²) < 4.78 is 113. The summed E-state index contributed by atoms with van der Waals surface area (Å²) in [6, 6.07) is 0.697. The number of aromatic nitrogens is 3. The molecule has 1 saturated heterocycles. The van der Waals surface area contributed by atoms with Crippen LogP contribution in [-0.4, -0.2) is 52.4 Å². The van der Waals surface area contributed by atoms with E-state index in [1.165, 1.54) is 17.2 Å². The molecule has 166 valence electrons. The maximum absolute atomic E-state index is 16.4. The van der Waals surface area contributed by atoms with E-state index in [1.807, 2.05) is 0 Å². The second-order valence-electron chi connectivity index (χ2n) is 6.57. The van der Waals surface area contributed by atoms with Crippen LogP contribution in [0.4, 0.5) is 23.8 Å². The van der Waals surface area contributed by atoms with Gasteiger partial charge in [0.1, 0.15) is 16.9 Å². The van der Waals surface area contributed by atoms with Crippen LogP contribution in [0.5, 0.6) is 0 Å². The van der Waals surface area contributed by atoms with Gasteiger partial charge in [-0.05, 0) is 26.6 Å². The van der Waals surface area contributed by atoms with Crippen molar-refractivity contribution in [2.45, 2.75) is 49.4 Å². The van der Waals surface area contributed by atoms with Crippen molar-refractivity contribution in [1.29, 1.82) is 0 Å². The number of halogens is 3. The van der Waals surface area contributed by atoms with Crippen LogP contribution in [0.25, 0.3) is 0 Å². The van der Waals surface area contributed by atoms with Gasteiger partial charge in [0.2, 0.25) is 14.8 Å². The van der Waals surface area contributed by atoms with Crippen molar-refractivity contribution in [2.75, 3.05) is 18.4 Å². The number of likely N-dealkylation sites (tertiary alicyclic amines) is 1. The predicted molar refractivity (Wildman–Crippen MR) is 99.4 cm³/mol. The smallest absolute Gasteiger partial charge is 0.323 e. The van der Waals surface area contributed by atoms with E-state index in [4.69, 9.17) is 6.85 Å². The number of hydrogen-bond acceptors (Lipinski definition) is 6. The van der Waals surface area contributed by atoms with E-state index in [9.17, 15) is 22.0 Å². The molecule has 1 aliphatic heterocycles. The van der Waals surface area contributed by atoms with Crippen LogP contribution in [0.3, 0.4) is 0 Å². The first-order chi connectivity index (χ1) is 16.0. The Kier molecular flexibility index (Phi) is 4.46. The van der Waals surface area contributed by atoms with Crippen molar-refractivity contribution in [3.8, 4) is 0 Å². The molecule has 3 rings (SSSR count). The Hall–Kier alpha value is -2.57. The molecule has 1 fully saturated rings. The Morgan fingerprint density at radius 3 is 2.73 bits per heavy atom. The largest absolute Gasteiger partial charge is 0.363 e. The Labute approximate surface area is 178 Å². The van der Waals surface area contributed by atoms with E-state index < -0.39 is 70.0 Å². The fourth-order valence-corrected chi connectivity index (χ4v) is 4.78. The summed E-state index contributed by atoms with van der Waals surface area (Å²) in [4.78, 5) is 12.1. The van der Waals surface area contributed by atoms with Gasteiger partial charge in [-0.25, -0.2) is 26.4 Å². The van der Waals surface area contributed by atoms with E-state index in [1.54, 1.807) is 0 Å². The minimum atomic E-state index is -5.65. The van der Waals surface area contributed by atoms with Crippen LogP contribution >= 0.6 is 0 Å². The molecule has 0 aromatic carbocycles. The highest BCUT2D eigenvalue weighted by molar-refractivity contribution is 7.92. The normalized spacial score (nSPS) is 21.2.